The monoisotopic (exact) mass is 215 g/mol. The van der Waals surface area contributed by atoms with Crippen LogP contribution in [0.1, 0.15) is 41.5 Å². The summed E-state index contributed by atoms with van der Waals surface area (Å²) in [5, 5.41) is 19.7. The number of carboxylic acids is 1. The third kappa shape index (κ3) is 2.38. The van der Waals surface area contributed by atoms with Gasteiger partial charge in [-0.1, -0.05) is 19.9 Å². The number of nitrogens with zero attached hydrogens (tertiary/aromatic N) is 1. The SMILES string of the molecule is CC.CC1(C)C=C(C(=O)O)C(C)(C)N1O. The third-order valence-electron chi connectivity index (χ3n) is 2.46. The first-order chi connectivity index (χ1) is 6.69. The molecule has 0 bridgehead atoms. The van der Waals surface area contributed by atoms with Crippen molar-refractivity contribution in [2.24, 2.45) is 0 Å². The summed E-state index contributed by atoms with van der Waals surface area (Å²) in [6, 6.07) is 0. The Labute approximate surface area is 91.2 Å². The normalized spacial score (nSPS) is 22.7. The minimum atomic E-state index is -0.977. The van der Waals surface area contributed by atoms with Crippen LogP contribution < -0.4 is 0 Å². The first-order valence-electron chi connectivity index (χ1n) is 5.15. The maximum absolute atomic E-state index is 10.8. The van der Waals surface area contributed by atoms with Gasteiger partial charge < -0.3 is 10.3 Å². The Hall–Kier alpha value is -0.870. The van der Waals surface area contributed by atoms with Gasteiger partial charge >= 0.3 is 5.97 Å². The van der Waals surface area contributed by atoms with Gasteiger partial charge in [-0.25, -0.2) is 4.79 Å². The standard InChI is InChI=1S/C9H15NO3.C2H6/c1-8(2)5-6(7(11)12)9(3,4)10(8)13;1-2/h5,13H,1-4H3,(H,11,12);1-2H3. The summed E-state index contributed by atoms with van der Waals surface area (Å²) in [6.07, 6.45) is 1.58. The number of carbonyl (C=O) groups is 1. The highest BCUT2D eigenvalue weighted by Gasteiger charge is 2.47. The van der Waals surface area contributed by atoms with E-state index in [2.05, 4.69) is 0 Å². The number of hydrogen-bond donors (Lipinski definition) is 2. The van der Waals surface area contributed by atoms with Crippen LogP contribution in [0.2, 0.25) is 0 Å². The Kier molecular flexibility index (Phi) is 4.08. The molecule has 1 aliphatic rings. The van der Waals surface area contributed by atoms with Crippen LogP contribution in [0.15, 0.2) is 11.6 Å². The van der Waals surface area contributed by atoms with Crippen molar-refractivity contribution in [3.63, 3.8) is 0 Å². The highest BCUT2D eigenvalue weighted by molar-refractivity contribution is 5.90. The number of rotatable bonds is 1. The van der Waals surface area contributed by atoms with Crippen LogP contribution in [0.3, 0.4) is 0 Å². The van der Waals surface area contributed by atoms with E-state index in [1.807, 2.05) is 13.8 Å². The fourth-order valence-corrected chi connectivity index (χ4v) is 1.75. The molecule has 0 unspecified atom stereocenters. The van der Waals surface area contributed by atoms with Crippen molar-refractivity contribution in [3.05, 3.63) is 11.6 Å². The molecular formula is C11H21NO3. The second-order valence-corrected chi connectivity index (χ2v) is 4.39. The quantitative estimate of drug-likeness (QED) is 0.704. The molecule has 0 aromatic rings. The van der Waals surface area contributed by atoms with Crippen molar-refractivity contribution >= 4 is 5.97 Å². The van der Waals surface area contributed by atoms with Crippen molar-refractivity contribution < 1.29 is 15.1 Å². The summed E-state index contributed by atoms with van der Waals surface area (Å²) in [4.78, 5) is 10.8. The Balaban J connectivity index is 0.000000921. The first kappa shape index (κ1) is 14.1. The lowest BCUT2D eigenvalue weighted by molar-refractivity contribution is -0.187. The predicted octanol–water partition coefficient (Wildman–Crippen LogP) is 2.29. The van der Waals surface area contributed by atoms with E-state index >= 15 is 0 Å². The zero-order chi connectivity index (χ0) is 12.4. The Morgan fingerprint density at radius 2 is 1.67 bits per heavy atom. The van der Waals surface area contributed by atoms with Crippen LogP contribution >= 0.6 is 0 Å². The summed E-state index contributed by atoms with van der Waals surface area (Å²) >= 11 is 0. The zero-order valence-corrected chi connectivity index (χ0v) is 10.3. The van der Waals surface area contributed by atoms with E-state index in [9.17, 15) is 10.0 Å². The third-order valence-corrected chi connectivity index (χ3v) is 2.46. The van der Waals surface area contributed by atoms with Crippen molar-refractivity contribution in [2.45, 2.75) is 52.6 Å². The molecule has 15 heavy (non-hydrogen) atoms. The Bertz CT molecular complexity index is 280. The molecular weight excluding hydrogens is 194 g/mol. The maximum atomic E-state index is 10.8. The van der Waals surface area contributed by atoms with Crippen molar-refractivity contribution in [2.75, 3.05) is 0 Å². The van der Waals surface area contributed by atoms with Gasteiger partial charge in [0.2, 0.25) is 0 Å². The van der Waals surface area contributed by atoms with E-state index in [0.29, 0.717) is 0 Å². The van der Waals surface area contributed by atoms with Gasteiger partial charge in [0.1, 0.15) is 0 Å². The molecule has 4 heteroatoms. The molecule has 0 saturated heterocycles. The van der Waals surface area contributed by atoms with Gasteiger partial charge in [0.15, 0.2) is 0 Å². The molecule has 0 aromatic heterocycles. The van der Waals surface area contributed by atoms with E-state index in [0.717, 1.165) is 5.06 Å². The second kappa shape index (κ2) is 4.33. The zero-order valence-electron chi connectivity index (χ0n) is 10.3. The fraction of sp³-hybridized carbons (Fsp3) is 0.727. The Morgan fingerprint density at radius 3 is 1.80 bits per heavy atom. The maximum Gasteiger partial charge on any atom is 0.333 e. The summed E-state index contributed by atoms with van der Waals surface area (Å²) in [6.45, 7) is 10.9. The van der Waals surface area contributed by atoms with Gasteiger partial charge in [0.05, 0.1) is 16.7 Å². The lowest BCUT2D eigenvalue weighted by Crippen LogP contribution is -2.48. The lowest BCUT2D eigenvalue weighted by Gasteiger charge is -2.35. The van der Waals surface area contributed by atoms with Gasteiger partial charge in [-0.05, 0) is 27.7 Å². The molecule has 0 aromatic carbocycles. The second-order valence-electron chi connectivity index (χ2n) is 4.39. The van der Waals surface area contributed by atoms with Crippen molar-refractivity contribution in [1.82, 2.24) is 5.06 Å². The Morgan fingerprint density at radius 1 is 1.27 bits per heavy atom. The van der Waals surface area contributed by atoms with Gasteiger partial charge in [0, 0.05) is 0 Å². The average Bonchev–Trinajstić information content (AvgIpc) is 2.30. The van der Waals surface area contributed by atoms with Crippen LogP contribution in [0.4, 0.5) is 0 Å². The van der Waals surface area contributed by atoms with Crippen LogP contribution in [-0.4, -0.2) is 32.4 Å². The fourth-order valence-electron chi connectivity index (χ4n) is 1.75. The number of hydrogen-bond acceptors (Lipinski definition) is 3. The molecule has 4 nitrogen and oxygen atoms in total. The van der Waals surface area contributed by atoms with Crippen molar-refractivity contribution in [1.29, 1.82) is 0 Å². The first-order valence-corrected chi connectivity index (χ1v) is 5.15. The van der Waals surface area contributed by atoms with E-state index < -0.39 is 17.0 Å². The highest BCUT2D eigenvalue weighted by Crippen LogP contribution is 2.38. The molecule has 0 spiro atoms. The molecule has 1 heterocycles. The average molecular weight is 215 g/mol. The van der Waals surface area contributed by atoms with Gasteiger partial charge in [-0.3, -0.25) is 0 Å². The largest absolute Gasteiger partial charge is 0.478 e. The molecule has 0 aliphatic carbocycles. The minimum absolute atomic E-state index is 0.236. The highest BCUT2D eigenvalue weighted by atomic mass is 16.5. The summed E-state index contributed by atoms with van der Waals surface area (Å²) in [5.41, 5.74) is -1.20. The van der Waals surface area contributed by atoms with E-state index in [1.165, 1.54) is 0 Å². The molecule has 2 N–H and O–H groups in total. The van der Waals surface area contributed by atoms with E-state index in [1.54, 1.807) is 33.8 Å². The molecule has 0 fully saturated rings. The topological polar surface area (TPSA) is 60.8 Å². The van der Waals surface area contributed by atoms with Gasteiger partial charge in [0.25, 0.3) is 0 Å². The van der Waals surface area contributed by atoms with E-state index in [-0.39, 0.29) is 5.57 Å². The smallest absolute Gasteiger partial charge is 0.333 e. The van der Waals surface area contributed by atoms with Crippen molar-refractivity contribution in [3.8, 4) is 0 Å². The summed E-state index contributed by atoms with van der Waals surface area (Å²) in [7, 11) is 0. The van der Waals surface area contributed by atoms with Crippen LogP contribution in [0.25, 0.3) is 0 Å². The van der Waals surface area contributed by atoms with Crippen LogP contribution in [0, 0.1) is 0 Å². The van der Waals surface area contributed by atoms with Crippen LogP contribution in [0.5, 0.6) is 0 Å². The lowest BCUT2D eigenvalue weighted by atomic mass is 9.97. The molecule has 0 radical (unpaired) electrons. The number of aliphatic carboxylic acids is 1. The molecule has 1 aliphatic heterocycles. The number of carboxylic acid groups (broad SMARTS) is 1. The summed E-state index contributed by atoms with van der Waals surface area (Å²) in [5.74, 6) is -0.977. The molecule has 88 valence electrons. The number of hydroxylamine groups is 2. The van der Waals surface area contributed by atoms with Gasteiger partial charge in [-0.15, -0.1) is 0 Å². The molecule has 0 amide bonds. The van der Waals surface area contributed by atoms with E-state index in [4.69, 9.17) is 5.11 Å². The summed E-state index contributed by atoms with van der Waals surface area (Å²) < 4.78 is 0. The van der Waals surface area contributed by atoms with Gasteiger partial charge in [-0.2, -0.15) is 5.06 Å². The van der Waals surface area contributed by atoms with Crippen LogP contribution in [-0.2, 0) is 4.79 Å². The molecule has 0 atom stereocenters. The molecule has 0 saturated carbocycles. The predicted molar refractivity (Wildman–Crippen MR) is 58.9 cm³/mol. The minimum Gasteiger partial charge on any atom is -0.478 e. The molecule has 1 rings (SSSR count).